The molecule has 0 aliphatic heterocycles. The summed E-state index contributed by atoms with van der Waals surface area (Å²) in [6.07, 6.45) is 0. The van der Waals surface area contributed by atoms with Gasteiger partial charge in [0.25, 0.3) is 0 Å². The molecule has 0 saturated carbocycles. The molecule has 0 bridgehead atoms. The molecule has 0 aromatic heterocycles. The molecule has 0 atom stereocenters. The number of hydrogen-bond donors (Lipinski definition) is 1. The van der Waals surface area contributed by atoms with Crippen molar-refractivity contribution in [3.63, 3.8) is 0 Å². The molecule has 6 nitrogen and oxygen atoms in total. The zero-order chi connectivity index (χ0) is 14.4. The maximum atomic E-state index is 11.4. The summed E-state index contributed by atoms with van der Waals surface area (Å²) in [7, 11) is 0. The molecule has 6 heteroatoms. The van der Waals surface area contributed by atoms with Gasteiger partial charge in [-0.05, 0) is 24.3 Å². The molecule has 0 aliphatic rings. The SMILES string of the molecule is O=[N+]([O-])N(c1ccccc1)N(CCO)c1ccccc1. The number of nitrogens with zero attached hydrogens (tertiary/aromatic N) is 3. The van der Waals surface area contributed by atoms with Gasteiger partial charge in [0.2, 0.25) is 0 Å². The van der Waals surface area contributed by atoms with Crippen molar-refractivity contribution in [3.8, 4) is 0 Å². The van der Waals surface area contributed by atoms with Crippen molar-refractivity contribution in [1.29, 1.82) is 0 Å². The Kier molecular flexibility index (Phi) is 4.52. The van der Waals surface area contributed by atoms with E-state index >= 15 is 0 Å². The molecule has 20 heavy (non-hydrogen) atoms. The highest BCUT2D eigenvalue weighted by molar-refractivity contribution is 5.55. The molecule has 2 aromatic rings. The van der Waals surface area contributed by atoms with E-state index in [1.54, 1.807) is 54.6 Å². The Morgan fingerprint density at radius 3 is 1.90 bits per heavy atom. The van der Waals surface area contributed by atoms with Crippen molar-refractivity contribution in [2.24, 2.45) is 0 Å². The summed E-state index contributed by atoms with van der Waals surface area (Å²) < 4.78 is 0. The number of rotatable bonds is 6. The van der Waals surface area contributed by atoms with Crippen LogP contribution in [0.3, 0.4) is 0 Å². The second-order valence-corrected chi connectivity index (χ2v) is 4.05. The molecule has 0 fully saturated rings. The molecular formula is C14H15N3O3. The number of hydrogen-bond acceptors (Lipinski definition) is 4. The minimum Gasteiger partial charge on any atom is -0.394 e. The van der Waals surface area contributed by atoms with E-state index in [0.29, 0.717) is 11.4 Å². The molecule has 0 spiro atoms. The number of para-hydroxylation sites is 2. The van der Waals surface area contributed by atoms with Crippen LogP contribution >= 0.6 is 0 Å². The smallest absolute Gasteiger partial charge is 0.186 e. The fourth-order valence-corrected chi connectivity index (χ4v) is 1.91. The third-order valence-electron chi connectivity index (χ3n) is 2.74. The maximum Gasteiger partial charge on any atom is 0.186 e. The Hall–Kier alpha value is -2.60. The fourth-order valence-electron chi connectivity index (χ4n) is 1.91. The minimum absolute atomic E-state index is 0.125. The fraction of sp³-hybridized carbons (Fsp3) is 0.143. The van der Waals surface area contributed by atoms with Crippen LogP contribution in [0, 0.1) is 10.1 Å². The molecule has 0 saturated heterocycles. The maximum absolute atomic E-state index is 11.4. The highest BCUT2D eigenvalue weighted by Gasteiger charge is 2.26. The van der Waals surface area contributed by atoms with E-state index in [-0.39, 0.29) is 13.2 Å². The largest absolute Gasteiger partial charge is 0.394 e. The number of nitro groups is 1. The topological polar surface area (TPSA) is 69.9 Å². The van der Waals surface area contributed by atoms with Crippen LogP contribution in [0.2, 0.25) is 0 Å². The summed E-state index contributed by atoms with van der Waals surface area (Å²) >= 11 is 0. The van der Waals surface area contributed by atoms with E-state index in [0.717, 1.165) is 5.12 Å². The lowest BCUT2D eigenvalue weighted by atomic mass is 10.3. The van der Waals surface area contributed by atoms with Crippen LogP contribution in [0.25, 0.3) is 0 Å². The normalized spacial score (nSPS) is 10.1. The summed E-state index contributed by atoms with van der Waals surface area (Å²) in [4.78, 5) is 11.4. The summed E-state index contributed by atoms with van der Waals surface area (Å²) in [6, 6.07) is 17.5. The number of hydrazine groups is 2. The van der Waals surface area contributed by atoms with Crippen molar-refractivity contribution < 1.29 is 10.1 Å². The van der Waals surface area contributed by atoms with E-state index in [9.17, 15) is 15.2 Å². The lowest BCUT2D eigenvalue weighted by Crippen LogP contribution is -2.48. The number of benzene rings is 2. The standard InChI is InChI=1S/C14H15N3O3/c18-12-11-15(13-7-3-1-4-8-13)16(17(19)20)14-9-5-2-6-10-14/h1-10,18H,11-12H2. The molecule has 1 N–H and O–H groups in total. The first-order chi connectivity index (χ1) is 9.74. The Labute approximate surface area is 116 Å². The van der Waals surface area contributed by atoms with Crippen molar-refractivity contribution in [3.05, 3.63) is 70.8 Å². The molecule has 104 valence electrons. The molecular weight excluding hydrogens is 258 g/mol. The van der Waals surface area contributed by atoms with Gasteiger partial charge in [0.15, 0.2) is 5.03 Å². The van der Waals surface area contributed by atoms with Crippen LogP contribution in [0.5, 0.6) is 0 Å². The second-order valence-electron chi connectivity index (χ2n) is 4.05. The highest BCUT2D eigenvalue weighted by Crippen LogP contribution is 2.22. The van der Waals surface area contributed by atoms with Gasteiger partial charge in [0, 0.05) is 5.12 Å². The van der Waals surface area contributed by atoms with Gasteiger partial charge in [0.05, 0.1) is 18.8 Å². The number of anilines is 2. The Balaban J connectivity index is 2.41. The van der Waals surface area contributed by atoms with Crippen LogP contribution in [0.1, 0.15) is 0 Å². The summed E-state index contributed by atoms with van der Waals surface area (Å²) in [5.74, 6) is 0. The van der Waals surface area contributed by atoms with Gasteiger partial charge in [-0.1, -0.05) is 36.4 Å². The van der Waals surface area contributed by atoms with Crippen LogP contribution < -0.4 is 10.1 Å². The summed E-state index contributed by atoms with van der Waals surface area (Å²) in [5.41, 5.74) is 1.07. The first-order valence-corrected chi connectivity index (χ1v) is 6.17. The molecule has 0 radical (unpaired) electrons. The van der Waals surface area contributed by atoms with Crippen molar-refractivity contribution in [1.82, 2.24) is 0 Å². The van der Waals surface area contributed by atoms with Gasteiger partial charge in [-0.2, -0.15) is 0 Å². The minimum atomic E-state index is -0.502. The average molecular weight is 273 g/mol. The number of aliphatic hydroxyl groups is 1. The van der Waals surface area contributed by atoms with Crippen molar-refractivity contribution >= 4 is 11.4 Å². The first-order valence-electron chi connectivity index (χ1n) is 6.17. The van der Waals surface area contributed by atoms with Crippen LogP contribution in [-0.2, 0) is 0 Å². The quantitative estimate of drug-likeness (QED) is 0.644. The Bertz CT molecular complexity index is 548. The monoisotopic (exact) mass is 273 g/mol. The van der Waals surface area contributed by atoms with Gasteiger partial charge >= 0.3 is 0 Å². The second kappa shape index (κ2) is 6.53. The van der Waals surface area contributed by atoms with E-state index in [2.05, 4.69) is 0 Å². The zero-order valence-corrected chi connectivity index (χ0v) is 10.8. The third kappa shape index (κ3) is 3.04. The Morgan fingerprint density at radius 1 is 0.950 bits per heavy atom. The molecule has 2 rings (SSSR count). The molecule has 0 amide bonds. The molecule has 0 heterocycles. The predicted molar refractivity (Wildman–Crippen MR) is 76.8 cm³/mol. The van der Waals surface area contributed by atoms with Crippen molar-refractivity contribution in [2.45, 2.75) is 0 Å². The van der Waals surface area contributed by atoms with Crippen molar-refractivity contribution in [2.75, 3.05) is 23.3 Å². The highest BCUT2D eigenvalue weighted by atomic mass is 16.7. The van der Waals surface area contributed by atoms with Gasteiger partial charge in [-0.25, -0.2) is 15.1 Å². The lowest BCUT2D eigenvalue weighted by Gasteiger charge is -2.28. The van der Waals surface area contributed by atoms with Gasteiger partial charge in [0.1, 0.15) is 5.69 Å². The van der Waals surface area contributed by atoms with Crippen LogP contribution in [0.4, 0.5) is 11.4 Å². The predicted octanol–water partition coefficient (Wildman–Crippen LogP) is 2.10. The van der Waals surface area contributed by atoms with Gasteiger partial charge in [-0.3, -0.25) is 0 Å². The van der Waals surface area contributed by atoms with Gasteiger partial charge in [-0.15, -0.1) is 0 Å². The first kappa shape index (κ1) is 13.8. The number of aliphatic hydroxyl groups excluding tert-OH is 1. The summed E-state index contributed by atoms with van der Waals surface area (Å²) in [5, 5.41) is 22.4. The van der Waals surface area contributed by atoms with Gasteiger partial charge < -0.3 is 5.11 Å². The third-order valence-corrected chi connectivity index (χ3v) is 2.74. The summed E-state index contributed by atoms with van der Waals surface area (Å²) in [6.45, 7) is -0.0635. The lowest BCUT2D eigenvalue weighted by molar-refractivity contribution is -0.496. The Morgan fingerprint density at radius 2 is 1.45 bits per heavy atom. The van der Waals surface area contributed by atoms with E-state index < -0.39 is 5.03 Å². The molecule has 0 aliphatic carbocycles. The molecule has 0 unspecified atom stereocenters. The van der Waals surface area contributed by atoms with E-state index in [1.807, 2.05) is 6.07 Å². The van der Waals surface area contributed by atoms with E-state index in [4.69, 9.17) is 0 Å². The van der Waals surface area contributed by atoms with E-state index in [1.165, 1.54) is 5.01 Å². The van der Waals surface area contributed by atoms with Crippen LogP contribution in [-0.4, -0.2) is 23.3 Å². The zero-order valence-electron chi connectivity index (χ0n) is 10.8. The molecule has 2 aromatic carbocycles. The average Bonchev–Trinajstić information content (AvgIpc) is 2.48. The van der Waals surface area contributed by atoms with Crippen LogP contribution in [0.15, 0.2) is 60.7 Å².